The quantitative estimate of drug-likeness (QED) is 0.700. The van der Waals surface area contributed by atoms with E-state index in [1.165, 1.54) is 0 Å². The fourth-order valence-electron chi connectivity index (χ4n) is 2.95. The summed E-state index contributed by atoms with van der Waals surface area (Å²) in [6.07, 6.45) is 3.31. The third kappa shape index (κ3) is 3.11. The maximum atomic E-state index is 7.48. The number of nitrogens with two attached hydrogens (primary N) is 1. The third-order valence-corrected chi connectivity index (χ3v) is 4.16. The molecule has 3 rings (SSSR count). The molecule has 7 heteroatoms. The van der Waals surface area contributed by atoms with Crippen molar-refractivity contribution in [2.75, 3.05) is 11.1 Å². The van der Waals surface area contributed by atoms with Gasteiger partial charge in [-0.25, -0.2) is 14.3 Å². The summed E-state index contributed by atoms with van der Waals surface area (Å²) < 4.78 is 1.57. The van der Waals surface area contributed by atoms with E-state index in [0.717, 1.165) is 29.8 Å². The highest BCUT2D eigenvalue weighted by Crippen LogP contribution is 2.33. The normalized spacial score (nSPS) is 12.1. The van der Waals surface area contributed by atoms with Crippen molar-refractivity contribution in [1.29, 1.82) is 0 Å². The molecule has 0 bridgehead atoms. The standard InChI is InChI=1S/C18H21N7/c1-5-14-12(3)24-25-16(19)15(20-4)17(23-18(14)25)22-11(2)10-13-8-6-7-9-21-13/h6-9,11H,5,10,19H2,1-3H3,(H,22,23). The Balaban J connectivity index is 1.99. The van der Waals surface area contributed by atoms with Gasteiger partial charge in [-0.1, -0.05) is 13.0 Å². The van der Waals surface area contributed by atoms with E-state index in [0.29, 0.717) is 23.0 Å². The average molecular weight is 335 g/mol. The number of nitrogens with zero attached hydrogens (tertiary/aromatic N) is 5. The van der Waals surface area contributed by atoms with Crippen molar-refractivity contribution in [2.45, 2.75) is 39.7 Å². The van der Waals surface area contributed by atoms with Gasteiger partial charge in [0, 0.05) is 29.9 Å². The van der Waals surface area contributed by atoms with Gasteiger partial charge < -0.3 is 11.1 Å². The number of aromatic nitrogens is 4. The molecule has 1 atom stereocenters. The van der Waals surface area contributed by atoms with Crippen LogP contribution >= 0.6 is 0 Å². The van der Waals surface area contributed by atoms with Crippen molar-refractivity contribution in [3.8, 4) is 0 Å². The van der Waals surface area contributed by atoms with Crippen molar-refractivity contribution in [1.82, 2.24) is 19.6 Å². The molecule has 3 aromatic heterocycles. The highest BCUT2D eigenvalue weighted by Gasteiger charge is 2.19. The summed E-state index contributed by atoms with van der Waals surface area (Å²) in [5.41, 5.74) is 10.1. The number of rotatable bonds is 5. The van der Waals surface area contributed by atoms with Crippen LogP contribution in [0.5, 0.6) is 0 Å². The second kappa shape index (κ2) is 6.77. The van der Waals surface area contributed by atoms with Gasteiger partial charge in [0.05, 0.1) is 12.3 Å². The lowest BCUT2D eigenvalue weighted by molar-refractivity contribution is 0.765. The Morgan fingerprint density at radius 1 is 1.40 bits per heavy atom. The molecular weight excluding hydrogens is 314 g/mol. The first-order valence-corrected chi connectivity index (χ1v) is 8.26. The molecule has 1 unspecified atom stereocenters. The number of hydrogen-bond acceptors (Lipinski definition) is 5. The van der Waals surface area contributed by atoms with Crippen LogP contribution in [0.1, 0.15) is 30.8 Å². The van der Waals surface area contributed by atoms with Gasteiger partial charge >= 0.3 is 0 Å². The summed E-state index contributed by atoms with van der Waals surface area (Å²) in [6, 6.07) is 5.89. The smallest absolute Gasteiger partial charge is 0.268 e. The Labute approximate surface area is 146 Å². The van der Waals surface area contributed by atoms with E-state index >= 15 is 0 Å². The van der Waals surface area contributed by atoms with Crippen molar-refractivity contribution in [3.05, 3.63) is 52.8 Å². The van der Waals surface area contributed by atoms with Gasteiger partial charge in [0.1, 0.15) is 11.6 Å². The molecule has 0 saturated carbocycles. The van der Waals surface area contributed by atoms with E-state index in [4.69, 9.17) is 12.3 Å². The molecule has 7 nitrogen and oxygen atoms in total. The maximum Gasteiger partial charge on any atom is 0.268 e. The largest absolute Gasteiger partial charge is 0.392 e. The van der Waals surface area contributed by atoms with Gasteiger partial charge in [-0.3, -0.25) is 4.98 Å². The zero-order valence-corrected chi connectivity index (χ0v) is 14.6. The Morgan fingerprint density at radius 2 is 2.20 bits per heavy atom. The van der Waals surface area contributed by atoms with Crippen LogP contribution in [0.4, 0.5) is 17.3 Å². The summed E-state index contributed by atoms with van der Waals surface area (Å²) in [4.78, 5) is 12.6. The minimum absolute atomic E-state index is 0.0545. The Kier molecular flexibility index (Phi) is 4.52. The zero-order valence-electron chi connectivity index (χ0n) is 14.6. The lowest BCUT2D eigenvalue weighted by Gasteiger charge is -2.16. The zero-order chi connectivity index (χ0) is 18.0. The summed E-state index contributed by atoms with van der Waals surface area (Å²) in [5.74, 6) is 0.813. The Bertz CT molecular complexity index is 938. The SMILES string of the molecule is [C-]#[N+]c1c(NC(C)Cc2ccccn2)nc2c(CC)c(C)nn2c1N. The topological polar surface area (TPSA) is 85.5 Å². The Hall–Kier alpha value is -3.14. The highest BCUT2D eigenvalue weighted by atomic mass is 15.3. The van der Waals surface area contributed by atoms with E-state index < -0.39 is 0 Å². The molecule has 0 aliphatic heterocycles. The van der Waals surface area contributed by atoms with Gasteiger partial charge in [0.15, 0.2) is 5.65 Å². The van der Waals surface area contributed by atoms with Crippen LogP contribution in [0, 0.1) is 13.5 Å². The van der Waals surface area contributed by atoms with E-state index in [1.807, 2.05) is 32.0 Å². The van der Waals surface area contributed by atoms with E-state index in [-0.39, 0.29) is 6.04 Å². The molecule has 0 aliphatic carbocycles. The Morgan fingerprint density at radius 3 is 2.84 bits per heavy atom. The van der Waals surface area contributed by atoms with Crippen LogP contribution in [0.15, 0.2) is 24.4 Å². The molecule has 0 fully saturated rings. The lowest BCUT2D eigenvalue weighted by atomic mass is 10.1. The number of aryl methyl sites for hydroxylation is 2. The molecular formula is C18H21N7. The molecule has 0 amide bonds. The molecule has 0 radical (unpaired) electrons. The summed E-state index contributed by atoms with van der Waals surface area (Å²) >= 11 is 0. The van der Waals surface area contributed by atoms with Gasteiger partial charge in [0.2, 0.25) is 0 Å². The molecule has 0 aromatic carbocycles. The third-order valence-electron chi connectivity index (χ3n) is 4.16. The molecule has 3 N–H and O–H groups in total. The van der Waals surface area contributed by atoms with Crippen LogP contribution in [0.25, 0.3) is 10.5 Å². The predicted octanol–water partition coefficient (Wildman–Crippen LogP) is 3.17. The molecule has 3 aromatic rings. The minimum Gasteiger partial charge on any atom is -0.392 e. The fraction of sp³-hybridized carbons (Fsp3) is 0.333. The van der Waals surface area contributed by atoms with E-state index in [1.54, 1.807) is 10.7 Å². The van der Waals surface area contributed by atoms with Crippen LogP contribution in [0.2, 0.25) is 0 Å². The predicted molar refractivity (Wildman–Crippen MR) is 98.8 cm³/mol. The van der Waals surface area contributed by atoms with Crippen LogP contribution in [-0.2, 0) is 12.8 Å². The summed E-state index contributed by atoms with van der Waals surface area (Å²) in [5, 5.41) is 7.75. The van der Waals surface area contributed by atoms with Crippen molar-refractivity contribution in [2.24, 2.45) is 0 Å². The van der Waals surface area contributed by atoms with Gasteiger partial charge in [-0.2, -0.15) is 5.10 Å². The first-order chi connectivity index (χ1) is 12.0. The fourth-order valence-corrected chi connectivity index (χ4v) is 2.95. The number of hydrogen-bond donors (Lipinski definition) is 2. The molecule has 3 heterocycles. The highest BCUT2D eigenvalue weighted by molar-refractivity contribution is 5.80. The number of anilines is 2. The molecule has 0 aliphatic rings. The minimum atomic E-state index is 0.0545. The number of nitrogens with one attached hydrogen (secondary N) is 1. The van der Waals surface area contributed by atoms with E-state index in [9.17, 15) is 0 Å². The average Bonchev–Trinajstić information content (AvgIpc) is 2.91. The monoisotopic (exact) mass is 335 g/mol. The van der Waals surface area contributed by atoms with Crippen LogP contribution in [0.3, 0.4) is 0 Å². The molecule has 0 saturated heterocycles. The number of pyridine rings is 1. The van der Waals surface area contributed by atoms with Crippen molar-refractivity contribution >= 4 is 23.0 Å². The van der Waals surface area contributed by atoms with Crippen LogP contribution in [-0.4, -0.2) is 25.6 Å². The molecule has 25 heavy (non-hydrogen) atoms. The van der Waals surface area contributed by atoms with Gasteiger partial charge in [0.25, 0.3) is 5.69 Å². The maximum absolute atomic E-state index is 7.48. The summed E-state index contributed by atoms with van der Waals surface area (Å²) in [7, 11) is 0. The van der Waals surface area contributed by atoms with Crippen LogP contribution < -0.4 is 11.1 Å². The second-order valence-electron chi connectivity index (χ2n) is 6.03. The van der Waals surface area contributed by atoms with Gasteiger partial charge in [-0.15, -0.1) is 0 Å². The van der Waals surface area contributed by atoms with E-state index in [2.05, 4.69) is 32.2 Å². The number of fused-ring (bicyclic) bond motifs is 1. The van der Waals surface area contributed by atoms with Crippen molar-refractivity contribution in [3.63, 3.8) is 0 Å². The second-order valence-corrected chi connectivity index (χ2v) is 6.03. The molecule has 0 spiro atoms. The lowest BCUT2D eigenvalue weighted by Crippen LogP contribution is -2.20. The van der Waals surface area contributed by atoms with Gasteiger partial charge in [-0.05, 0) is 32.4 Å². The summed E-state index contributed by atoms with van der Waals surface area (Å²) in [6.45, 7) is 13.5. The number of nitrogen functional groups attached to an aromatic ring is 1. The first-order valence-electron chi connectivity index (χ1n) is 8.26. The first kappa shape index (κ1) is 16.7. The van der Waals surface area contributed by atoms with Crippen molar-refractivity contribution < 1.29 is 0 Å². The molecule has 128 valence electrons.